The summed E-state index contributed by atoms with van der Waals surface area (Å²) in [6, 6.07) is 25.8. The number of nitrogens with one attached hydrogen (secondary N) is 1. The summed E-state index contributed by atoms with van der Waals surface area (Å²) in [5.74, 6) is 1.77. The molecule has 4 aromatic rings. The molecular formula is C24H25Cl2N5OS. The Morgan fingerprint density at radius 1 is 0.970 bits per heavy atom. The van der Waals surface area contributed by atoms with E-state index >= 15 is 0 Å². The molecule has 1 N–H and O–H groups in total. The Hall–Kier alpha value is -2.58. The Morgan fingerprint density at radius 2 is 1.79 bits per heavy atom. The second-order valence-electron chi connectivity index (χ2n) is 7.12. The summed E-state index contributed by atoms with van der Waals surface area (Å²) in [4.78, 5) is 0. The van der Waals surface area contributed by atoms with Crippen molar-refractivity contribution < 1.29 is 4.74 Å². The van der Waals surface area contributed by atoms with Gasteiger partial charge >= 0.3 is 0 Å². The van der Waals surface area contributed by atoms with Crippen molar-refractivity contribution in [2.75, 3.05) is 12.3 Å². The number of rotatable bonds is 11. The number of ether oxygens (including phenoxy) is 1. The van der Waals surface area contributed by atoms with Crippen LogP contribution in [0.4, 0.5) is 0 Å². The molecule has 0 saturated carbocycles. The fourth-order valence-electron chi connectivity index (χ4n) is 3.12. The van der Waals surface area contributed by atoms with E-state index in [-0.39, 0.29) is 12.4 Å². The fraction of sp³-hybridized carbons (Fsp3) is 0.208. The second kappa shape index (κ2) is 13.2. The van der Waals surface area contributed by atoms with Crippen molar-refractivity contribution in [3.63, 3.8) is 0 Å². The maximum absolute atomic E-state index is 6.20. The normalized spacial score (nSPS) is 10.6. The largest absolute Gasteiger partial charge is 0.489 e. The van der Waals surface area contributed by atoms with Crippen LogP contribution in [0.2, 0.25) is 5.02 Å². The Morgan fingerprint density at radius 3 is 2.64 bits per heavy atom. The number of tetrazole rings is 1. The van der Waals surface area contributed by atoms with Crippen LogP contribution in [0.15, 0.2) is 84.0 Å². The highest BCUT2D eigenvalue weighted by molar-refractivity contribution is 7.99. The summed E-state index contributed by atoms with van der Waals surface area (Å²) in [5, 5.41) is 17.0. The van der Waals surface area contributed by atoms with Gasteiger partial charge in [-0.2, -0.15) is 4.68 Å². The lowest BCUT2D eigenvalue weighted by atomic mass is 10.2. The monoisotopic (exact) mass is 501 g/mol. The van der Waals surface area contributed by atoms with Crippen molar-refractivity contribution in [3.05, 3.63) is 95.0 Å². The third kappa shape index (κ3) is 7.47. The lowest BCUT2D eigenvalue weighted by molar-refractivity contribution is 0.306. The van der Waals surface area contributed by atoms with E-state index in [1.807, 2.05) is 66.7 Å². The van der Waals surface area contributed by atoms with E-state index in [1.165, 1.54) is 5.56 Å². The third-order valence-corrected chi connectivity index (χ3v) is 6.12. The number of para-hydroxylation sites is 1. The van der Waals surface area contributed by atoms with Gasteiger partial charge in [-0.25, -0.2) is 0 Å². The summed E-state index contributed by atoms with van der Waals surface area (Å²) in [6.07, 6.45) is 1.01. The summed E-state index contributed by atoms with van der Waals surface area (Å²) >= 11 is 7.86. The summed E-state index contributed by atoms with van der Waals surface area (Å²) in [7, 11) is 0. The van der Waals surface area contributed by atoms with Gasteiger partial charge in [0.25, 0.3) is 0 Å². The summed E-state index contributed by atoms with van der Waals surface area (Å²) in [6.45, 7) is 2.15. The third-order valence-electron chi connectivity index (χ3n) is 4.75. The molecule has 3 aromatic carbocycles. The number of hydrogen-bond donors (Lipinski definition) is 1. The van der Waals surface area contributed by atoms with Crippen LogP contribution in [0.5, 0.6) is 5.75 Å². The van der Waals surface area contributed by atoms with Gasteiger partial charge in [-0.1, -0.05) is 71.9 Å². The van der Waals surface area contributed by atoms with Gasteiger partial charge in [0.1, 0.15) is 12.4 Å². The number of halogens is 2. The van der Waals surface area contributed by atoms with Gasteiger partial charge in [-0.05, 0) is 59.3 Å². The molecule has 172 valence electrons. The zero-order valence-corrected chi connectivity index (χ0v) is 20.3. The van der Waals surface area contributed by atoms with Gasteiger partial charge in [0.2, 0.25) is 5.16 Å². The predicted octanol–water partition coefficient (Wildman–Crippen LogP) is 5.59. The van der Waals surface area contributed by atoms with Crippen molar-refractivity contribution in [1.82, 2.24) is 25.5 Å². The molecule has 0 unspecified atom stereocenters. The molecule has 0 aliphatic carbocycles. The van der Waals surface area contributed by atoms with Crippen LogP contribution in [0.25, 0.3) is 5.69 Å². The van der Waals surface area contributed by atoms with Crippen LogP contribution in [-0.2, 0) is 13.2 Å². The highest BCUT2D eigenvalue weighted by atomic mass is 35.5. The zero-order chi connectivity index (χ0) is 22.0. The molecule has 0 amide bonds. The Labute approximate surface area is 209 Å². The van der Waals surface area contributed by atoms with Crippen molar-refractivity contribution in [3.8, 4) is 11.4 Å². The predicted molar refractivity (Wildman–Crippen MR) is 136 cm³/mol. The molecule has 1 aromatic heterocycles. The standard InChI is InChI=1S/C24H24ClN5OS.ClH/c25-23-13-5-4-9-20(23)18-31-22-12-6-8-19(16-22)17-26-14-7-15-32-24-27-28-29-30(24)21-10-2-1-3-11-21;/h1-6,8-13,16,26H,7,14-15,17-18H2;1H. The lowest BCUT2D eigenvalue weighted by Crippen LogP contribution is -2.15. The Bertz CT molecular complexity index is 1130. The first-order chi connectivity index (χ1) is 15.8. The first kappa shape index (κ1) is 25.1. The van der Waals surface area contributed by atoms with Crippen LogP contribution in [0.3, 0.4) is 0 Å². The minimum absolute atomic E-state index is 0. The molecule has 1 heterocycles. The van der Waals surface area contributed by atoms with Gasteiger partial charge in [-0.3, -0.25) is 0 Å². The molecule has 33 heavy (non-hydrogen) atoms. The van der Waals surface area contributed by atoms with E-state index in [2.05, 4.69) is 33.0 Å². The van der Waals surface area contributed by atoms with Gasteiger partial charge in [0, 0.05) is 22.9 Å². The number of nitrogens with zero attached hydrogens (tertiary/aromatic N) is 4. The number of benzene rings is 3. The molecule has 0 atom stereocenters. The van der Waals surface area contributed by atoms with Gasteiger partial charge < -0.3 is 10.1 Å². The number of thioether (sulfide) groups is 1. The molecule has 0 saturated heterocycles. The molecule has 0 radical (unpaired) electrons. The fourth-order valence-corrected chi connectivity index (χ4v) is 4.14. The van der Waals surface area contributed by atoms with Crippen molar-refractivity contribution in [1.29, 1.82) is 0 Å². The van der Waals surface area contributed by atoms with E-state index in [0.29, 0.717) is 6.61 Å². The highest BCUT2D eigenvalue weighted by Gasteiger charge is 2.08. The van der Waals surface area contributed by atoms with Gasteiger partial charge in [0.05, 0.1) is 5.69 Å². The smallest absolute Gasteiger partial charge is 0.214 e. The second-order valence-corrected chi connectivity index (χ2v) is 8.58. The van der Waals surface area contributed by atoms with Gasteiger partial charge in [0.15, 0.2) is 0 Å². The van der Waals surface area contributed by atoms with Crippen molar-refractivity contribution >= 4 is 35.8 Å². The average Bonchev–Trinajstić information content (AvgIpc) is 3.30. The number of aromatic nitrogens is 4. The number of hydrogen-bond acceptors (Lipinski definition) is 6. The first-order valence-corrected chi connectivity index (χ1v) is 11.8. The average molecular weight is 502 g/mol. The molecule has 0 bridgehead atoms. The topological polar surface area (TPSA) is 64.9 Å². The molecular weight excluding hydrogens is 477 g/mol. The van der Waals surface area contributed by atoms with Crippen LogP contribution < -0.4 is 10.1 Å². The maximum atomic E-state index is 6.20. The van der Waals surface area contributed by atoms with E-state index in [1.54, 1.807) is 16.4 Å². The van der Waals surface area contributed by atoms with E-state index in [9.17, 15) is 0 Å². The van der Waals surface area contributed by atoms with Crippen LogP contribution in [0, 0.1) is 0 Å². The minimum atomic E-state index is 0. The van der Waals surface area contributed by atoms with Crippen molar-refractivity contribution in [2.45, 2.75) is 24.7 Å². The molecule has 4 rings (SSSR count). The Balaban J connectivity index is 0.00000306. The SMILES string of the molecule is Cl.Clc1ccccc1COc1cccc(CNCCCSc2nnnn2-c2ccccc2)c1. The van der Waals surface area contributed by atoms with E-state index in [0.717, 1.165) is 52.4 Å². The lowest BCUT2D eigenvalue weighted by Gasteiger charge is -2.10. The molecule has 0 aliphatic heterocycles. The van der Waals surface area contributed by atoms with Crippen LogP contribution in [-0.4, -0.2) is 32.5 Å². The molecule has 9 heteroatoms. The van der Waals surface area contributed by atoms with Crippen molar-refractivity contribution in [2.24, 2.45) is 0 Å². The maximum Gasteiger partial charge on any atom is 0.214 e. The molecule has 6 nitrogen and oxygen atoms in total. The van der Waals surface area contributed by atoms with Crippen LogP contribution in [0.1, 0.15) is 17.5 Å². The highest BCUT2D eigenvalue weighted by Crippen LogP contribution is 2.20. The quantitative estimate of drug-likeness (QED) is 0.213. The van der Waals surface area contributed by atoms with E-state index in [4.69, 9.17) is 16.3 Å². The molecule has 0 aliphatic rings. The van der Waals surface area contributed by atoms with Gasteiger partial charge in [-0.15, -0.1) is 17.5 Å². The molecule has 0 spiro atoms. The molecule has 0 fully saturated rings. The summed E-state index contributed by atoms with van der Waals surface area (Å²) < 4.78 is 7.68. The first-order valence-electron chi connectivity index (χ1n) is 10.4. The zero-order valence-electron chi connectivity index (χ0n) is 17.9. The summed E-state index contributed by atoms with van der Waals surface area (Å²) in [5.41, 5.74) is 3.13. The van der Waals surface area contributed by atoms with Crippen LogP contribution >= 0.6 is 35.8 Å². The minimum Gasteiger partial charge on any atom is -0.489 e. The van der Waals surface area contributed by atoms with E-state index < -0.39 is 0 Å². The Kier molecular flexibility index (Phi) is 10.0.